The number of carbonyl (C=O) groups is 1. The predicted molar refractivity (Wildman–Crippen MR) is 107 cm³/mol. The molecule has 2 aromatic rings. The van der Waals surface area contributed by atoms with E-state index in [1.54, 1.807) is 24.1 Å². The fourth-order valence-electron chi connectivity index (χ4n) is 2.78. The molecule has 0 heterocycles. The van der Waals surface area contributed by atoms with Crippen LogP contribution >= 0.6 is 11.6 Å². The summed E-state index contributed by atoms with van der Waals surface area (Å²) in [4.78, 5) is 14.6. The Balaban J connectivity index is 2.38. The van der Waals surface area contributed by atoms with Crippen LogP contribution < -0.4 is 14.4 Å². The van der Waals surface area contributed by atoms with Crippen molar-refractivity contribution < 1.29 is 14.3 Å². The van der Waals surface area contributed by atoms with Gasteiger partial charge in [0.15, 0.2) is 11.5 Å². The summed E-state index contributed by atoms with van der Waals surface area (Å²) in [6.07, 6.45) is 0.859. The maximum atomic E-state index is 13.0. The fourth-order valence-corrected chi connectivity index (χ4v) is 3.05. The molecule has 0 radical (unpaired) electrons. The maximum Gasteiger partial charge on any atom is 0.258 e. The monoisotopic (exact) mass is 375 g/mol. The van der Waals surface area contributed by atoms with Crippen molar-refractivity contribution in [3.8, 4) is 11.5 Å². The van der Waals surface area contributed by atoms with Crippen LogP contribution in [0, 0.1) is 13.8 Å². The molecule has 4 nitrogen and oxygen atoms in total. The van der Waals surface area contributed by atoms with Gasteiger partial charge in [-0.2, -0.15) is 0 Å². The van der Waals surface area contributed by atoms with Crippen LogP contribution in [-0.4, -0.2) is 26.2 Å². The van der Waals surface area contributed by atoms with E-state index in [-0.39, 0.29) is 5.91 Å². The van der Waals surface area contributed by atoms with E-state index in [1.165, 1.54) is 0 Å². The maximum absolute atomic E-state index is 13.0. The molecule has 0 spiro atoms. The summed E-state index contributed by atoms with van der Waals surface area (Å²) in [5.74, 6) is 0.828. The minimum Gasteiger partial charge on any atom is -0.490 e. The smallest absolute Gasteiger partial charge is 0.258 e. The number of anilines is 1. The zero-order valence-electron chi connectivity index (χ0n) is 16.1. The van der Waals surface area contributed by atoms with Gasteiger partial charge in [-0.05, 0) is 51.0 Å². The minimum absolute atomic E-state index is 0.151. The Morgan fingerprint density at radius 1 is 1.12 bits per heavy atom. The summed E-state index contributed by atoms with van der Waals surface area (Å²) in [7, 11) is 1.76. The highest BCUT2D eigenvalue weighted by Crippen LogP contribution is 2.37. The molecule has 0 saturated heterocycles. The molecular weight excluding hydrogens is 350 g/mol. The van der Waals surface area contributed by atoms with Crippen molar-refractivity contribution >= 4 is 23.2 Å². The van der Waals surface area contributed by atoms with Gasteiger partial charge < -0.3 is 14.4 Å². The molecule has 0 aliphatic carbocycles. The first kappa shape index (κ1) is 20.1. The van der Waals surface area contributed by atoms with Crippen LogP contribution in [0.25, 0.3) is 0 Å². The predicted octanol–water partition coefficient (Wildman–Crippen LogP) is 5.42. The average Bonchev–Trinajstić information content (AvgIpc) is 2.60. The second kappa shape index (κ2) is 8.95. The third-order valence-electron chi connectivity index (χ3n) is 4.03. The van der Waals surface area contributed by atoms with Crippen molar-refractivity contribution in [3.05, 3.63) is 52.0 Å². The molecule has 0 aliphatic heterocycles. The van der Waals surface area contributed by atoms with Crippen LogP contribution in [0.15, 0.2) is 30.3 Å². The van der Waals surface area contributed by atoms with Crippen molar-refractivity contribution in [2.24, 2.45) is 0 Å². The largest absolute Gasteiger partial charge is 0.490 e. The van der Waals surface area contributed by atoms with E-state index in [4.69, 9.17) is 21.1 Å². The fraction of sp³-hybridized carbons (Fsp3) is 0.381. The van der Waals surface area contributed by atoms with Crippen molar-refractivity contribution in [1.29, 1.82) is 0 Å². The number of aryl methyl sites for hydroxylation is 2. The van der Waals surface area contributed by atoms with E-state index in [9.17, 15) is 4.79 Å². The van der Waals surface area contributed by atoms with E-state index in [2.05, 4.69) is 6.07 Å². The lowest BCUT2D eigenvalue weighted by Gasteiger charge is -2.21. The Kier molecular flexibility index (Phi) is 6.92. The van der Waals surface area contributed by atoms with Crippen LogP contribution in [0.5, 0.6) is 11.5 Å². The van der Waals surface area contributed by atoms with Crippen LogP contribution in [-0.2, 0) is 0 Å². The number of carbonyl (C=O) groups excluding carboxylic acids is 1. The van der Waals surface area contributed by atoms with Crippen LogP contribution in [0.4, 0.5) is 5.69 Å². The number of halogens is 1. The van der Waals surface area contributed by atoms with Crippen molar-refractivity contribution in [2.45, 2.75) is 34.1 Å². The Morgan fingerprint density at radius 2 is 1.85 bits per heavy atom. The van der Waals surface area contributed by atoms with Gasteiger partial charge in [-0.3, -0.25) is 4.79 Å². The second-order valence-electron chi connectivity index (χ2n) is 6.22. The van der Waals surface area contributed by atoms with Crippen molar-refractivity contribution in [2.75, 3.05) is 25.2 Å². The number of nitrogens with zero attached hydrogens (tertiary/aromatic N) is 1. The van der Waals surface area contributed by atoms with Crippen LogP contribution in [0.1, 0.15) is 41.8 Å². The lowest BCUT2D eigenvalue weighted by Crippen LogP contribution is -2.27. The van der Waals surface area contributed by atoms with Gasteiger partial charge in [0.1, 0.15) is 0 Å². The quantitative estimate of drug-likeness (QED) is 0.648. The summed E-state index contributed by atoms with van der Waals surface area (Å²) >= 11 is 6.38. The van der Waals surface area contributed by atoms with Gasteiger partial charge in [0.2, 0.25) is 0 Å². The third kappa shape index (κ3) is 4.50. The lowest BCUT2D eigenvalue weighted by molar-refractivity contribution is 0.0992. The molecule has 0 unspecified atom stereocenters. The van der Waals surface area contributed by atoms with E-state index in [0.29, 0.717) is 35.3 Å². The molecule has 0 saturated carbocycles. The first-order valence-electron chi connectivity index (χ1n) is 8.83. The summed E-state index contributed by atoms with van der Waals surface area (Å²) in [5.41, 5.74) is 3.52. The molecule has 26 heavy (non-hydrogen) atoms. The van der Waals surface area contributed by atoms with Gasteiger partial charge in [0, 0.05) is 18.3 Å². The van der Waals surface area contributed by atoms with E-state index in [0.717, 1.165) is 23.2 Å². The Labute approximate surface area is 160 Å². The highest BCUT2D eigenvalue weighted by molar-refractivity contribution is 6.32. The number of hydrogen-bond acceptors (Lipinski definition) is 3. The Bertz CT molecular complexity index is 789. The SMILES string of the molecule is CCCOc1c(Cl)cc(C(=O)N(C)c2ccc(C)cc2C)cc1OCC. The van der Waals surface area contributed by atoms with Gasteiger partial charge in [-0.25, -0.2) is 0 Å². The summed E-state index contributed by atoms with van der Waals surface area (Å²) in [5, 5.41) is 0.377. The van der Waals surface area contributed by atoms with Gasteiger partial charge in [-0.15, -0.1) is 0 Å². The van der Waals surface area contributed by atoms with Gasteiger partial charge in [0.05, 0.1) is 18.2 Å². The highest BCUT2D eigenvalue weighted by atomic mass is 35.5. The van der Waals surface area contributed by atoms with Crippen LogP contribution in [0.3, 0.4) is 0 Å². The zero-order valence-corrected chi connectivity index (χ0v) is 16.8. The molecule has 2 aromatic carbocycles. The number of rotatable bonds is 7. The Morgan fingerprint density at radius 3 is 2.46 bits per heavy atom. The summed E-state index contributed by atoms with van der Waals surface area (Å²) in [6.45, 7) is 8.92. The van der Waals surface area contributed by atoms with Crippen molar-refractivity contribution in [3.63, 3.8) is 0 Å². The van der Waals surface area contributed by atoms with E-state index in [1.807, 2.05) is 39.8 Å². The summed E-state index contributed by atoms with van der Waals surface area (Å²) < 4.78 is 11.4. The molecule has 0 bridgehead atoms. The molecule has 0 N–H and O–H groups in total. The first-order valence-corrected chi connectivity index (χ1v) is 9.21. The molecule has 0 aliphatic rings. The molecule has 1 amide bonds. The Hall–Kier alpha value is -2.20. The van der Waals surface area contributed by atoms with E-state index >= 15 is 0 Å². The number of amides is 1. The zero-order chi connectivity index (χ0) is 19.3. The number of ether oxygens (including phenoxy) is 2. The molecule has 0 aromatic heterocycles. The minimum atomic E-state index is -0.151. The molecule has 0 atom stereocenters. The average molecular weight is 376 g/mol. The van der Waals surface area contributed by atoms with Crippen molar-refractivity contribution in [1.82, 2.24) is 0 Å². The first-order chi connectivity index (χ1) is 12.4. The molecule has 2 rings (SSSR count). The third-order valence-corrected chi connectivity index (χ3v) is 4.31. The molecule has 140 valence electrons. The van der Waals surface area contributed by atoms with Gasteiger partial charge in [-0.1, -0.05) is 36.2 Å². The molecular formula is C21H26ClNO3. The molecule has 0 fully saturated rings. The van der Waals surface area contributed by atoms with E-state index < -0.39 is 0 Å². The number of benzene rings is 2. The summed E-state index contributed by atoms with van der Waals surface area (Å²) in [6, 6.07) is 9.33. The van der Waals surface area contributed by atoms with Gasteiger partial charge in [0.25, 0.3) is 5.91 Å². The molecule has 5 heteroatoms. The lowest BCUT2D eigenvalue weighted by atomic mass is 10.1. The van der Waals surface area contributed by atoms with Crippen LogP contribution in [0.2, 0.25) is 5.02 Å². The topological polar surface area (TPSA) is 38.8 Å². The standard InChI is InChI=1S/C21H26ClNO3/c1-6-10-26-20-17(22)12-16(13-19(20)25-7-2)21(24)23(5)18-9-8-14(3)11-15(18)4/h8-9,11-13H,6-7,10H2,1-5H3. The van der Waals surface area contributed by atoms with Gasteiger partial charge >= 0.3 is 0 Å². The number of hydrogen-bond donors (Lipinski definition) is 0. The second-order valence-corrected chi connectivity index (χ2v) is 6.63. The highest BCUT2D eigenvalue weighted by Gasteiger charge is 2.20. The normalized spacial score (nSPS) is 10.5.